The molecule has 4 rings (SSSR count). The van der Waals surface area contributed by atoms with Crippen LogP contribution in [0.25, 0.3) is 0 Å². The molecule has 0 aliphatic heterocycles. The maximum atomic E-state index is 14.8. The molecule has 3 aromatic carbocycles. The molecule has 1 aliphatic carbocycles. The third-order valence-electron chi connectivity index (χ3n) is 5.94. The number of fused-ring (bicyclic) bond motifs is 1. The van der Waals surface area contributed by atoms with Crippen LogP contribution in [0.3, 0.4) is 0 Å². The van der Waals surface area contributed by atoms with Gasteiger partial charge in [0.15, 0.2) is 0 Å². The lowest BCUT2D eigenvalue weighted by Gasteiger charge is -2.38. The van der Waals surface area contributed by atoms with Gasteiger partial charge in [0.1, 0.15) is 17.4 Å². The number of rotatable bonds is 3. The molecule has 27 heavy (non-hydrogen) atoms. The van der Waals surface area contributed by atoms with Gasteiger partial charge < -0.3 is 5.11 Å². The molecule has 138 valence electrons. The van der Waals surface area contributed by atoms with E-state index in [1.54, 1.807) is 30.3 Å². The Kier molecular flexibility index (Phi) is 4.69. The second kappa shape index (κ2) is 7.15. The molecule has 0 saturated carbocycles. The summed E-state index contributed by atoms with van der Waals surface area (Å²) in [6, 6.07) is 19.2. The number of benzene rings is 3. The van der Waals surface area contributed by atoms with Gasteiger partial charge in [-0.1, -0.05) is 49.4 Å². The number of aromatic hydroxyl groups is 1. The lowest BCUT2D eigenvalue weighted by Crippen LogP contribution is -2.29. The van der Waals surface area contributed by atoms with Crippen molar-refractivity contribution in [3.8, 4) is 5.75 Å². The zero-order chi connectivity index (χ0) is 19.0. The van der Waals surface area contributed by atoms with Crippen LogP contribution < -0.4 is 0 Å². The zero-order valence-electron chi connectivity index (χ0n) is 15.2. The Labute approximate surface area is 158 Å². The topological polar surface area (TPSA) is 20.2 Å². The highest BCUT2D eigenvalue weighted by Crippen LogP contribution is 2.47. The van der Waals surface area contributed by atoms with Crippen molar-refractivity contribution in [1.29, 1.82) is 0 Å². The van der Waals surface area contributed by atoms with Crippen LogP contribution in [-0.4, -0.2) is 5.11 Å². The third kappa shape index (κ3) is 3.34. The van der Waals surface area contributed by atoms with E-state index in [1.165, 1.54) is 12.1 Å². The number of halogens is 2. The summed E-state index contributed by atoms with van der Waals surface area (Å²) < 4.78 is 29.0. The van der Waals surface area contributed by atoms with E-state index >= 15 is 0 Å². The molecule has 0 aromatic heterocycles. The zero-order valence-corrected chi connectivity index (χ0v) is 15.2. The largest absolute Gasteiger partial charge is 0.508 e. The summed E-state index contributed by atoms with van der Waals surface area (Å²) in [5, 5.41) is 9.60. The lowest BCUT2D eigenvalue weighted by molar-refractivity contribution is 0.336. The first-order valence-corrected chi connectivity index (χ1v) is 9.34. The first-order valence-electron chi connectivity index (χ1n) is 9.34. The molecular weight excluding hydrogens is 342 g/mol. The summed E-state index contributed by atoms with van der Waals surface area (Å²) in [6.45, 7) is 2.12. The normalized spacial score (nSPS) is 21.7. The molecule has 0 amide bonds. The predicted molar refractivity (Wildman–Crippen MR) is 103 cm³/mol. The Hall–Kier alpha value is -2.68. The van der Waals surface area contributed by atoms with Gasteiger partial charge in [-0.15, -0.1) is 0 Å². The molecule has 1 nitrogen and oxygen atoms in total. The van der Waals surface area contributed by atoms with Crippen LogP contribution in [0.4, 0.5) is 8.78 Å². The van der Waals surface area contributed by atoms with Gasteiger partial charge in [-0.3, -0.25) is 0 Å². The minimum absolute atomic E-state index is 0.106. The van der Waals surface area contributed by atoms with Crippen LogP contribution in [0.1, 0.15) is 41.0 Å². The van der Waals surface area contributed by atoms with Crippen molar-refractivity contribution in [3.05, 3.63) is 101 Å². The standard InChI is InChI=1S/C24H22F2O/c1-15-20(16-9-11-19(27)12-10-16)14-18-6-4-8-23(26)24(18)21(15)13-17-5-2-3-7-22(17)25/h2-12,15,20-21,27H,13-14H2,1H3. The molecule has 3 aromatic rings. The fourth-order valence-electron chi connectivity index (χ4n) is 4.47. The summed E-state index contributed by atoms with van der Waals surface area (Å²) in [7, 11) is 0. The number of hydrogen-bond acceptors (Lipinski definition) is 1. The molecule has 1 aliphatic rings. The van der Waals surface area contributed by atoms with Crippen molar-refractivity contribution in [2.24, 2.45) is 5.92 Å². The van der Waals surface area contributed by atoms with Crippen molar-refractivity contribution in [2.75, 3.05) is 0 Å². The van der Waals surface area contributed by atoms with Gasteiger partial charge in [-0.25, -0.2) is 8.78 Å². The molecule has 0 spiro atoms. The van der Waals surface area contributed by atoms with E-state index < -0.39 is 0 Å². The fraction of sp³-hybridized carbons (Fsp3) is 0.250. The van der Waals surface area contributed by atoms with E-state index in [0.29, 0.717) is 12.0 Å². The van der Waals surface area contributed by atoms with Gasteiger partial charge in [0, 0.05) is 0 Å². The van der Waals surface area contributed by atoms with E-state index in [9.17, 15) is 13.9 Å². The highest BCUT2D eigenvalue weighted by molar-refractivity contribution is 5.41. The minimum Gasteiger partial charge on any atom is -0.508 e. The molecule has 3 unspecified atom stereocenters. The quantitative estimate of drug-likeness (QED) is 0.607. The van der Waals surface area contributed by atoms with Gasteiger partial charge in [-0.05, 0) is 77.1 Å². The van der Waals surface area contributed by atoms with Crippen LogP contribution >= 0.6 is 0 Å². The van der Waals surface area contributed by atoms with Crippen LogP contribution in [0.15, 0.2) is 66.7 Å². The number of phenolic OH excluding ortho intramolecular Hbond substituents is 1. The average molecular weight is 364 g/mol. The summed E-state index contributed by atoms with van der Waals surface area (Å²) in [5.41, 5.74) is 3.46. The maximum absolute atomic E-state index is 14.8. The summed E-state index contributed by atoms with van der Waals surface area (Å²) in [5.74, 6) is 0.0108. The fourth-order valence-corrected chi connectivity index (χ4v) is 4.47. The van der Waals surface area contributed by atoms with Gasteiger partial charge in [0.2, 0.25) is 0 Å². The van der Waals surface area contributed by atoms with Crippen LogP contribution in [0.5, 0.6) is 5.75 Å². The van der Waals surface area contributed by atoms with Gasteiger partial charge in [0.05, 0.1) is 0 Å². The molecule has 1 N–H and O–H groups in total. The average Bonchev–Trinajstić information content (AvgIpc) is 2.66. The second-order valence-corrected chi connectivity index (χ2v) is 7.48. The second-order valence-electron chi connectivity index (χ2n) is 7.48. The van der Waals surface area contributed by atoms with E-state index in [2.05, 4.69) is 6.92 Å². The molecule has 0 fully saturated rings. The van der Waals surface area contributed by atoms with Crippen LogP contribution in [0.2, 0.25) is 0 Å². The maximum Gasteiger partial charge on any atom is 0.126 e. The molecule has 0 saturated heterocycles. The minimum atomic E-state index is -0.241. The van der Waals surface area contributed by atoms with E-state index in [0.717, 1.165) is 23.1 Å². The molecule has 3 heteroatoms. The Balaban J connectivity index is 1.78. The number of phenols is 1. The first kappa shape index (κ1) is 17.7. The van der Waals surface area contributed by atoms with Gasteiger partial charge in [0.25, 0.3) is 0 Å². The SMILES string of the molecule is CC1C(c2ccc(O)cc2)Cc2cccc(F)c2C1Cc1ccccc1F. The molecular formula is C24H22F2O. The van der Waals surface area contributed by atoms with Crippen molar-refractivity contribution in [3.63, 3.8) is 0 Å². The highest BCUT2D eigenvalue weighted by Gasteiger charge is 2.36. The van der Waals surface area contributed by atoms with E-state index in [1.807, 2.05) is 24.3 Å². The molecule has 3 atom stereocenters. The van der Waals surface area contributed by atoms with Gasteiger partial charge >= 0.3 is 0 Å². The predicted octanol–water partition coefficient (Wildman–Crippen LogP) is 5.97. The third-order valence-corrected chi connectivity index (χ3v) is 5.94. The number of hydrogen-bond donors (Lipinski definition) is 1. The van der Waals surface area contributed by atoms with Crippen molar-refractivity contribution >= 4 is 0 Å². The highest BCUT2D eigenvalue weighted by atomic mass is 19.1. The van der Waals surface area contributed by atoms with Gasteiger partial charge in [-0.2, -0.15) is 0 Å². The van der Waals surface area contributed by atoms with Crippen LogP contribution in [0, 0.1) is 17.6 Å². The summed E-state index contributed by atoms with van der Waals surface area (Å²) in [4.78, 5) is 0. The molecule has 0 radical (unpaired) electrons. The monoisotopic (exact) mass is 364 g/mol. The summed E-state index contributed by atoms with van der Waals surface area (Å²) >= 11 is 0. The molecule has 0 heterocycles. The van der Waals surface area contributed by atoms with Crippen molar-refractivity contribution in [2.45, 2.75) is 31.6 Å². The Morgan fingerprint density at radius 1 is 0.889 bits per heavy atom. The van der Waals surface area contributed by atoms with E-state index in [4.69, 9.17) is 0 Å². The Bertz CT molecular complexity index is 949. The van der Waals surface area contributed by atoms with Crippen molar-refractivity contribution < 1.29 is 13.9 Å². The van der Waals surface area contributed by atoms with E-state index in [-0.39, 0.29) is 35.1 Å². The Morgan fingerprint density at radius 3 is 2.33 bits per heavy atom. The Morgan fingerprint density at radius 2 is 1.59 bits per heavy atom. The smallest absolute Gasteiger partial charge is 0.126 e. The summed E-state index contributed by atoms with van der Waals surface area (Å²) in [6.07, 6.45) is 1.21. The van der Waals surface area contributed by atoms with Crippen molar-refractivity contribution in [1.82, 2.24) is 0 Å². The lowest BCUT2D eigenvalue weighted by atomic mass is 9.65. The first-order chi connectivity index (χ1) is 13.0. The van der Waals surface area contributed by atoms with Crippen LogP contribution in [-0.2, 0) is 12.8 Å². The molecule has 0 bridgehead atoms.